The summed E-state index contributed by atoms with van der Waals surface area (Å²) in [4.78, 5) is 0. The summed E-state index contributed by atoms with van der Waals surface area (Å²) in [6.45, 7) is 1.37. The van der Waals surface area contributed by atoms with E-state index in [9.17, 15) is 0 Å². The van der Waals surface area contributed by atoms with E-state index in [4.69, 9.17) is 14.8 Å². The van der Waals surface area contributed by atoms with Crippen LogP contribution in [0.15, 0.2) is 48.8 Å². The van der Waals surface area contributed by atoms with Crippen molar-refractivity contribution >= 4 is 12.6 Å². The van der Waals surface area contributed by atoms with Crippen molar-refractivity contribution in [2.75, 3.05) is 6.61 Å². The molecule has 88 valence electrons. The van der Waals surface area contributed by atoms with Crippen molar-refractivity contribution < 1.29 is 14.8 Å². The zero-order valence-corrected chi connectivity index (χ0v) is 9.36. The third-order valence-corrected chi connectivity index (χ3v) is 2.46. The number of aromatic nitrogens is 1. The summed E-state index contributed by atoms with van der Waals surface area (Å²) in [6, 6.07) is 10.7. The second kappa shape index (κ2) is 5.56. The Bertz CT molecular complexity index is 439. The quantitative estimate of drug-likeness (QED) is 0.725. The fourth-order valence-corrected chi connectivity index (χ4v) is 1.52. The van der Waals surface area contributed by atoms with E-state index in [-0.39, 0.29) is 0 Å². The van der Waals surface area contributed by atoms with Gasteiger partial charge in [0.15, 0.2) is 0 Å². The van der Waals surface area contributed by atoms with Gasteiger partial charge in [-0.2, -0.15) is 0 Å². The largest absolute Gasteiger partial charge is 0.492 e. The van der Waals surface area contributed by atoms with Crippen LogP contribution in [0.2, 0.25) is 0 Å². The summed E-state index contributed by atoms with van der Waals surface area (Å²) in [7, 11) is -1.43. The van der Waals surface area contributed by atoms with Gasteiger partial charge in [-0.3, -0.25) is 0 Å². The van der Waals surface area contributed by atoms with Crippen molar-refractivity contribution in [3.05, 3.63) is 48.8 Å². The lowest BCUT2D eigenvalue weighted by atomic mass is 9.80. The molecule has 1 aromatic carbocycles. The topological polar surface area (TPSA) is 54.6 Å². The monoisotopic (exact) mass is 231 g/mol. The predicted octanol–water partition coefficient (Wildman–Crippen LogP) is 0.247. The third-order valence-electron chi connectivity index (χ3n) is 2.46. The van der Waals surface area contributed by atoms with Crippen molar-refractivity contribution in [1.82, 2.24) is 4.57 Å². The Morgan fingerprint density at radius 1 is 1.06 bits per heavy atom. The lowest BCUT2D eigenvalue weighted by Crippen LogP contribution is -2.29. The lowest BCUT2D eigenvalue weighted by Gasteiger charge is -2.07. The molecule has 5 heteroatoms. The predicted molar refractivity (Wildman–Crippen MR) is 66.2 cm³/mol. The zero-order chi connectivity index (χ0) is 12.1. The summed E-state index contributed by atoms with van der Waals surface area (Å²) < 4.78 is 7.56. The molecule has 0 aliphatic carbocycles. The highest BCUT2D eigenvalue weighted by molar-refractivity contribution is 6.58. The molecule has 0 saturated carbocycles. The molecular formula is C12H14BNO3. The molecular weight excluding hydrogens is 217 g/mol. The normalized spacial score (nSPS) is 10.2. The van der Waals surface area contributed by atoms with Crippen LogP contribution in [-0.2, 0) is 6.54 Å². The minimum atomic E-state index is -1.43. The van der Waals surface area contributed by atoms with Gasteiger partial charge in [0, 0.05) is 12.4 Å². The summed E-state index contributed by atoms with van der Waals surface area (Å²) in [5.74, 6) is 0.724. The van der Waals surface area contributed by atoms with Crippen LogP contribution in [0.3, 0.4) is 0 Å². The van der Waals surface area contributed by atoms with Crippen molar-refractivity contribution in [3.63, 3.8) is 0 Å². The number of rotatable bonds is 5. The van der Waals surface area contributed by atoms with E-state index in [1.54, 1.807) is 24.3 Å². The molecule has 0 amide bonds. The molecule has 2 aromatic rings. The van der Waals surface area contributed by atoms with Gasteiger partial charge in [-0.1, -0.05) is 12.1 Å². The van der Waals surface area contributed by atoms with Crippen molar-refractivity contribution in [1.29, 1.82) is 0 Å². The maximum atomic E-state index is 8.93. The molecule has 0 aliphatic rings. The molecule has 1 aromatic heterocycles. The molecule has 2 N–H and O–H groups in total. The molecule has 0 unspecified atom stereocenters. The Morgan fingerprint density at radius 3 is 2.29 bits per heavy atom. The first-order valence-corrected chi connectivity index (χ1v) is 5.45. The first-order chi connectivity index (χ1) is 8.25. The highest BCUT2D eigenvalue weighted by Crippen LogP contribution is 2.07. The van der Waals surface area contributed by atoms with Gasteiger partial charge >= 0.3 is 7.12 Å². The Hall–Kier alpha value is -1.72. The molecule has 1 heterocycles. The first kappa shape index (κ1) is 11.8. The van der Waals surface area contributed by atoms with Gasteiger partial charge in [0.25, 0.3) is 0 Å². The Kier molecular flexibility index (Phi) is 3.85. The van der Waals surface area contributed by atoms with E-state index in [2.05, 4.69) is 0 Å². The number of benzene rings is 1. The van der Waals surface area contributed by atoms with Gasteiger partial charge in [-0.25, -0.2) is 0 Å². The van der Waals surface area contributed by atoms with Gasteiger partial charge in [0.05, 0.1) is 6.54 Å². The van der Waals surface area contributed by atoms with Gasteiger partial charge < -0.3 is 19.4 Å². The smallest absolute Gasteiger partial charge is 0.488 e. The third kappa shape index (κ3) is 3.37. The first-order valence-electron chi connectivity index (χ1n) is 5.45. The molecule has 0 saturated heterocycles. The maximum Gasteiger partial charge on any atom is 0.488 e. The fourth-order valence-electron chi connectivity index (χ4n) is 1.52. The molecule has 2 rings (SSSR count). The van der Waals surface area contributed by atoms with Crippen molar-refractivity contribution in [2.45, 2.75) is 6.54 Å². The Morgan fingerprint density at radius 2 is 1.71 bits per heavy atom. The van der Waals surface area contributed by atoms with E-state index in [0.717, 1.165) is 12.3 Å². The second-order valence-electron chi connectivity index (χ2n) is 3.71. The van der Waals surface area contributed by atoms with Crippen LogP contribution in [0, 0.1) is 0 Å². The van der Waals surface area contributed by atoms with E-state index in [0.29, 0.717) is 12.1 Å². The highest BCUT2D eigenvalue weighted by Gasteiger charge is 2.09. The van der Waals surface area contributed by atoms with Crippen LogP contribution in [0.25, 0.3) is 0 Å². The molecule has 0 aliphatic heterocycles. The van der Waals surface area contributed by atoms with Crippen LogP contribution in [-0.4, -0.2) is 28.3 Å². The number of ether oxygens (including phenoxy) is 1. The van der Waals surface area contributed by atoms with E-state index >= 15 is 0 Å². The SMILES string of the molecule is OB(O)c1ccc(OCCn2cccc2)cc1. The standard InChI is InChI=1S/C12H14BNO3/c15-13(16)11-3-5-12(6-4-11)17-10-9-14-7-1-2-8-14/h1-8,15-16H,9-10H2. The van der Waals surface area contributed by atoms with Gasteiger partial charge in [-0.15, -0.1) is 0 Å². The minimum absolute atomic E-state index is 0.461. The lowest BCUT2D eigenvalue weighted by molar-refractivity contribution is 0.298. The number of hydrogen-bond donors (Lipinski definition) is 2. The van der Waals surface area contributed by atoms with Crippen LogP contribution in [0.5, 0.6) is 5.75 Å². The molecule has 4 nitrogen and oxygen atoms in total. The van der Waals surface area contributed by atoms with Gasteiger partial charge in [-0.05, 0) is 29.7 Å². The van der Waals surface area contributed by atoms with Gasteiger partial charge in [0.1, 0.15) is 12.4 Å². The zero-order valence-electron chi connectivity index (χ0n) is 9.36. The van der Waals surface area contributed by atoms with Crippen molar-refractivity contribution in [2.24, 2.45) is 0 Å². The Balaban J connectivity index is 1.83. The summed E-state index contributed by atoms with van der Waals surface area (Å²) in [6.07, 6.45) is 3.96. The molecule has 0 radical (unpaired) electrons. The van der Waals surface area contributed by atoms with Crippen LogP contribution >= 0.6 is 0 Å². The Labute approximate surface area is 100 Å². The molecule has 17 heavy (non-hydrogen) atoms. The van der Waals surface area contributed by atoms with Crippen LogP contribution in [0.4, 0.5) is 0 Å². The maximum absolute atomic E-state index is 8.93. The van der Waals surface area contributed by atoms with E-state index in [1.807, 2.05) is 29.1 Å². The average Bonchev–Trinajstić information content (AvgIpc) is 2.83. The van der Waals surface area contributed by atoms with E-state index < -0.39 is 7.12 Å². The summed E-state index contributed by atoms with van der Waals surface area (Å²) in [5.41, 5.74) is 0.461. The van der Waals surface area contributed by atoms with Crippen LogP contribution < -0.4 is 10.2 Å². The molecule has 0 fully saturated rings. The minimum Gasteiger partial charge on any atom is -0.492 e. The number of nitrogens with zero attached hydrogens (tertiary/aromatic N) is 1. The van der Waals surface area contributed by atoms with Crippen molar-refractivity contribution in [3.8, 4) is 5.75 Å². The van der Waals surface area contributed by atoms with Crippen LogP contribution in [0.1, 0.15) is 0 Å². The highest BCUT2D eigenvalue weighted by atomic mass is 16.5. The summed E-state index contributed by atoms with van der Waals surface area (Å²) in [5, 5.41) is 17.9. The van der Waals surface area contributed by atoms with E-state index in [1.165, 1.54) is 0 Å². The summed E-state index contributed by atoms with van der Waals surface area (Å²) >= 11 is 0. The second-order valence-corrected chi connectivity index (χ2v) is 3.71. The fraction of sp³-hybridized carbons (Fsp3) is 0.167. The number of hydrogen-bond acceptors (Lipinski definition) is 3. The molecule has 0 atom stereocenters. The molecule has 0 spiro atoms. The molecule has 0 bridgehead atoms. The van der Waals surface area contributed by atoms with Gasteiger partial charge in [0.2, 0.25) is 0 Å². The average molecular weight is 231 g/mol.